The zero-order valence-corrected chi connectivity index (χ0v) is 14.4. The van der Waals surface area contributed by atoms with Crippen molar-refractivity contribution in [2.24, 2.45) is 11.3 Å². The van der Waals surface area contributed by atoms with Gasteiger partial charge >= 0.3 is 6.03 Å². The number of hydrogen-bond acceptors (Lipinski definition) is 3. The molecule has 0 aromatic heterocycles. The number of amides is 3. The van der Waals surface area contributed by atoms with Gasteiger partial charge in [-0.15, -0.1) is 0 Å². The molecule has 1 heterocycles. The van der Waals surface area contributed by atoms with Gasteiger partial charge in [-0.2, -0.15) is 0 Å². The maximum atomic E-state index is 12.1. The van der Waals surface area contributed by atoms with E-state index in [0.29, 0.717) is 12.5 Å². The van der Waals surface area contributed by atoms with Crippen molar-refractivity contribution < 1.29 is 14.7 Å². The van der Waals surface area contributed by atoms with Gasteiger partial charge in [-0.1, -0.05) is 13.3 Å². The van der Waals surface area contributed by atoms with Crippen molar-refractivity contribution in [3.8, 4) is 0 Å². The first-order valence-electron chi connectivity index (χ1n) is 8.87. The molecule has 0 spiro atoms. The van der Waals surface area contributed by atoms with Gasteiger partial charge in [0.25, 0.3) is 0 Å². The maximum absolute atomic E-state index is 12.1. The van der Waals surface area contributed by atoms with Crippen LogP contribution in [0.4, 0.5) is 4.79 Å². The molecule has 3 amide bonds. The Hall–Kier alpha value is -1.30. The third-order valence-corrected chi connectivity index (χ3v) is 5.83. The molecule has 1 aliphatic heterocycles. The molecular formula is C17H31N3O3. The number of aliphatic hydroxyl groups is 1. The highest BCUT2D eigenvalue weighted by Gasteiger charge is 2.41. The van der Waals surface area contributed by atoms with Crippen molar-refractivity contribution in [3.05, 3.63) is 0 Å². The Balaban J connectivity index is 1.72. The number of piperidine rings is 1. The first-order chi connectivity index (χ1) is 11.0. The minimum absolute atomic E-state index is 0.103. The highest BCUT2D eigenvalue weighted by Crippen LogP contribution is 2.47. The Bertz CT molecular complexity index is 415. The minimum atomic E-state index is -0.103. The molecule has 0 aromatic carbocycles. The number of hydrogen-bond donors (Lipinski definition) is 3. The highest BCUT2D eigenvalue weighted by molar-refractivity contribution is 5.75. The van der Waals surface area contributed by atoms with Gasteiger partial charge in [0, 0.05) is 39.2 Å². The Morgan fingerprint density at radius 1 is 1.30 bits per heavy atom. The van der Waals surface area contributed by atoms with Gasteiger partial charge in [-0.05, 0) is 43.4 Å². The molecule has 1 saturated carbocycles. The summed E-state index contributed by atoms with van der Waals surface area (Å²) in [6.07, 6.45) is 5.91. The Kier molecular flexibility index (Phi) is 6.27. The van der Waals surface area contributed by atoms with E-state index < -0.39 is 0 Å². The van der Waals surface area contributed by atoms with Crippen LogP contribution in [0.1, 0.15) is 52.4 Å². The van der Waals surface area contributed by atoms with Crippen LogP contribution < -0.4 is 10.6 Å². The number of urea groups is 1. The third-order valence-electron chi connectivity index (χ3n) is 5.83. The van der Waals surface area contributed by atoms with Crippen molar-refractivity contribution >= 4 is 11.9 Å². The van der Waals surface area contributed by atoms with E-state index >= 15 is 0 Å². The summed E-state index contributed by atoms with van der Waals surface area (Å²) in [7, 11) is 0. The van der Waals surface area contributed by atoms with Crippen molar-refractivity contribution in [2.45, 2.75) is 58.4 Å². The van der Waals surface area contributed by atoms with Crippen LogP contribution in [0.15, 0.2) is 0 Å². The lowest BCUT2D eigenvalue weighted by atomic mass is 9.60. The molecule has 6 heteroatoms. The zero-order chi connectivity index (χ0) is 16.9. The average Bonchev–Trinajstić information content (AvgIpc) is 2.47. The zero-order valence-electron chi connectivity index (χ0n) is 14.4. The van der Waals surface area contributed by atoms with Crippen LogP contribution in [-0.2, 0) is 4.79 Å². The first-order valence-corrected chi connectivity index (χ1v) is 8.87. The predicted molar refractivity (Wildman–Crippen MR) is 89.0 cm³/mol. The summed E-state index contributed by atoms with van der Waals surface area (Å²) in [6, 6.07) is 0.0477. The Labute approximate surface area is 139 Å². The molecule has 2 rings (SSSR count). The molecular weight excluding hydrogens is 294 g/mol. The smallest absolute Gasteiger partial charge is 0.315 e. The van der Waals surface area contributed by atoms with E-state index in [1.54, 1.807) is 6.92 Å². The van der Waals surface area contributed by atoms with Crippen LogP contribution >= 0.6 is 0 Å². The van der Waals surface area contributed by atoms with Gasteiger partial charge in [0.2, 0.25) is 5.91 Å². The Morgan fingerprint density at radius 3 is 2.43 bits per heavy atom. The lowest BCUT2D eigenvalue weighted by Gasteiger charge is -2.47. The molecule has 3 N–H and O–H groups in total. The van der Waals surface area contributed by atoms with Gasteiger partial charge in [0.05, 0.1) is 0 Å². The number of carbonyl (C=O) groups excluding carboxylic acids is 2. The van der Waals surface area contributed by atoms with Crippen LogP contribution in [0.2, 0.25) is 0 Å². The van der Waals surface area contributed by atoms with E-state index in [9.17, 15) is 9.59 Å². The summed E-state index contributed by atoms with van der Waals surface area (Å²) in [4.78, 5) is 25.3. The summed E-state index contributed by atoms with van der Waals surface area (Å²) in [5.74, 6) is 0.540. The van der Waals surface area contributed by atoms with Crippen molar-refractivity contribution in [2.75, 3.05) is 26.2 Å². The van der Waals surface area contributed by atoms with Crippen molar-refractivity contribution in [3.63, 3.8) is 0 Å². The van der Waals surface area contributed by atoms with E-state index in [2.05, 4.69) is 17.6 Å². The average molecular weight is 325 g/mol. The van der Waals surface area contributed by atoms with Crippen molar-refractivity contribution in [1.82, 2.24) is 15.5 Å². The van der Waals surface area contributed by atoms with Crippen LogP contribution in [-0.4, -0.2) is 54.2 Å². The van der Waals surface area contributed by atoms with E-state index in [1.165, 1.54) is 6.42 Å². The van der Waals surface area contributed by atoms with Gasteiger partial charge in [-0.3, -0.25) is 4.79 Å². The van der Waals surface area contributed by atoms with Crippen LogP contribution in [0.25, 0.3) is 0 Å². The summed E-state index contributed by atoms with van der Waals surface area (Å²) < 4.78 is 0. The van der Waals surface area contributed by atoms with E-state index in [-0.39, 0.29) is 30.0 Å². The molecule has 6 nitrogen and oxygen atoms in total. The summed E-state index contributed by atoms with van der Waals surface area (Å²) in [6.45, 7) is 6.10. The standard InChI is InChI=1S/C17H31N3O3/c1-13(6-11-21)17(7-3-8-17)12-18-16(23)19-15-4-9-20(10-5-15)14(2)22/h13,15,21H,3-12H2,1-2H3,(H2,18,19,23)/t13-/m0/s1. The van der Waals surface area contributed by atoms with Gasteiger partial charge in [0.15, 0.2) is 0 Å². The summed E-state index contributed by atoms with van der Waals surface area (Å²) in [5.41, 5.74) is 0.165. The minimum Gasteiger partial charge on any atom is -0.396 e. The summed E-state index contributed by atoms with van der Waals surface area (Å²) >= 11 is 0. The molecule has 132 valence electrons. The van der Waals surface area contributed by atoms with Crippen LogP contribution in [0.5, 0.6) is 0 Å². The number of nitrogens with one attached hydrogen (secondary N) is 2. The van der Waals surface area contributed by atoms with Gasteiger partial charge < -0.3 is 20.6 Å². The number of rotatable bonds is 6. The van der Waals surface area contributed by atoms with Gasteiger partial charge in [0.1, 0.15) is 0 Å². The van der Waals surface area contributed by atoms with E-state index in [1.807, 2.05) is 4.90 Å². The number of aliphatic hydroxyl groups excluding tert-OH is 1. The number of nitrogens with zero attached hydrogens (tertiary/aromatic N) is 1. The van der Waals surface area contributed by atoms with E-state index in [0.717, 1.165) is 45.2 Å². The monoisotopic (exact) mass is 325 g/mol. The molecule has 1 aliphatic carbocycles. The second-order valence-electron chi connectivity index (χ2n) is 7.24. The lowest BCUT2D eigenvalue weighted by Crippen LogP contribution is -2.52. The van der Waals surface area contributed by atoms with Crippen LogP contribution in [0.3, 0.4) is 0 Å². The first kappa shape index (κ1) is 18.0. The summed E-state index contributed by atoms with van der Waals surface area (Å²) in [5, 5.41) is 15.2. The van der Waals surface area contributed by atoms with Crippen LogP contribution in [0, 0.1) is 11.3 Å². The predicted octanol–water partition coefficient (Wildman–Crippen LogP) is 1.49. The fraction of sp³-hybridized carbons (Fsp3) is 0.882. The molecule has 0 aromatic rings. The molecule has 0 unspecified atom stereocenters. The molecule has 1 saturated heterocycles. The highest BCUT2D eigenvalue weighted by atomic mass is 16.3. The van der Waals surface area contributed by atoms with Crippen molar-refractivity contribution in [1.29, 1.82) is 0 Å². The molecule has 0 radical (unpaired) electrons. The number of likely N-dealkylation sites (tertiary alicyclic amines) is 1. The quantitative estimate of drug-likeness (QED) is 0.692. The second kappa shape index (κ2) is 7.99. The Morgan fingerprint density at radius 2 is 1.96 bits per heavy atom. The molecule has 23 heavy (non-hydrogen) atoms. The molecule has 2 fully saturated rings. The molecule has 1 atom stereocenters. The largest absolute Gasteiger partial charge is 0.396 e. The molecule has 2 aliphatic rings. The fourth-order valence-corrected chi connectivity index (χ4v) is 3.81. The molecule has 0 bridgehead atoms. The second-order valence-corrected chi connectivity index (χ2v) is 7.24. The number of carbonyl (C=O) groups is 2. The normalized spacial score (nSPS) is 22.1. The van der Waals surface area contributed by atoms with Gasteiger partial charge in [-0.25, -0.2) is 4.79 Å². The maximum Gasteiger partial charge on any atom is 0.315 e. The third kappa shape index (κ3) is 4.59. The SMILES string of the molecule is CC(=O)N1CCC(NC(=O)NCC2([C@@H](C)CCO)CCC2)CC1. The van der Waals surface area contributed by atoms with E-state index in [4.69, 9.17) is 5.11 Å². The topological polar surface area (TPSA) is 81.7 Å². The fourth-order valence-electron chi connectivity index (χ4n) is 3.81. The lowest BCUT2D eigenvalue weighted by molar-refractivity contribution is -0.129.